The van der Waals surface area contributed by atoms with Gasteiger partial charge in [0.25, 0.3) is 5.91 Å². The van der Waals surface area contributed by atoms with Crippen molar-refractivity contribution in [3.63, 3.8) is 0 Å². The molecule has 110 valence electrons. The second-order valence-corrected chi connectivity index (χ2v) is 5.06. The van der Waals surface area contributed by atoms with Gasteiger partial charge >= 0.3 is 0 Å². The average molecular weight is 287 g/mol. The van der Waals surface area contributed by atoms with Gasteiger partial charge in [0, 0.05) is 24.1 Å². The summed E-state index contributed by atoms with van der Waals surface area (Å²) in [5.41, 5.74) is -0.260. The first-order valence-electron chi connectivity index (χ1n) is 6.59. The number of rotatable bonds is 3. The molecule has 3 nitrogen and oxygen atoms in total. The Hall–Kier alpha value is -1.56. The van der Waals surface area contributed by atoms with E-state index in [9.17, 15) is 23.1 Å². The van der Waals surface area contributed by atoms with Crippen molar-refractivity contribution >= 4 is 5.91 Å². The summed E-state index contributed by atoms with van der Waals surface area (Å²) in [5, 5.41) is 11.9. The summed E-state index contributed by atoms with van der Waals surface area (Å²) in [4.78, 5) is 11.9. The smallest absolute Gasteiger partial charge is 0.251 e. The second kappa shape index (κ2) is 6.26. The van der Waals surface area contributed by atoms with Gasteiger partial charge < -0.3 is 10.4 Å². The number of aliphatic hydroxyl groups excluding tert-OH is 1. The predicted octanol–water partition coefficient (Wildman–Crippen LogP) is 2.38. The van der Waals surface area contributed by atoms with Crippen molar-refractivity contribution in [1.82, 2.24) is 5.32 Å². The fraction of sp³-hybridized carbons (Fsp3) is 0.500. The predicted molar refractivity (Wildman–Crippen MR) is 66.6 cm³/mol. The highest BCUT2D eigenvalue weighted by Crippen LogP contribution is 2.24. The van der Waals surface area contributed by atoms with E-state index in [1.807, 2.05) is 0 Å². The molecule has 1 amide bonds. The van der Waals surface area contributed by atoms with Crippen molar-refractivity contribution in [2.24, 2.45) is 5.92 Å². The summed E-state index contributed by atoms with van der Waals surface area (Å²) >= 11 is 0. The van der Waals surface area contributed by atoms with Gasteiger partial charge in [-0.3, -0.25) is 4.79 Å². The third kappa shape index (κ3) is 3.12. The lowest BCUT2D eigenvalue weighted by molar-refractivity contribution is 0.0871. The van der Waals surface area contributed by atoms with E-state index in [2.05, 4.69) is 5.32 Å². The normalized spacial score (nSPS) is 22.6. The Morgan fingerprint density at radius 1 is 1.20 bits per heavy atom. The average Bonchev–Trinajstić information content (AvgIpc) is 2.44. The van der Waals surface area contributed by atoms with Crippen molar-refractivity contribution in [2.75, 3.05) is 6.61 Å². The molecule has 20 heavy (non-hydrogen) atoms. The van der Waals surface area contributed by atoms with Crippen LogP contribution in [0.5, 0.6) is 0 Å². The minimum atomic E-state index is -1.59. The fourth-order valence-electron chi connectivity index (χ4n) is 2.55. The number of nitrogens with one attached hydrogen (secondary N) is 1. The topological polar surface area (TPSA) is 49.3 Å². The molecule has 1 aliphatic carbocycles. The SMILES string of the molecule is O=C(NC1CCCCC1CO)c1cc(F)c(F)c(F)c1. The first-order valence-corrected chi connectivity index (χ1v) is 6.59. The van der Waals surface area contributed by atoms with E-state index in [4.69, 9.17) is 0 Å². The van der Waals surface area contributed by atoms with Gasteiger partial charge in [0.2, 0.25) is 0 Å². The Morgan fingerprint density at radius 3 is 2.40 bits per heavy atom. The summed E-state index contributed by atoms with van der Waals surface area (Å²) in [6.07, 6.45) is 3.42. The van der Waals surface area contributed by atoms with E-state index in [1.54, 1.807) is 0 Å². The summed E-state index contributed by atoms with van der Waals surface area (Å²) in [5.74, 6) is -5.08. The van der Waals surface area contributed by atoms with Crippen LogP contribution < -0.4 is 5.32 Å². The second-order valence-electron chi connectivity index (χ2n) is 5.06. The summed E-state index contributed by atoms with van der Waals surface area (Å²) < 4.78 is 39.0. The number of amides is 1. The van der Waals surface area contributed by atoms with Gasteiger partial charge in [-0.15, -0.1) is 0 Å². The molecule has 1 aromatic carbocycles. The van der Waals surface area contributed by atoms with Crippen LogP contribution in [0.4, 0.5) is 13.2 Å². The van der Waals surface area contributed by atoms with Crippen molar-refractivity contribution in [1.29, 1.82) is 0 Å². The van der Waals surface area contributed by atoms with Crippen LogP contribution in [-0.4, -0.2) is 23.7 Å². The molecule has 2 rings (SSSR count). The van der Waals surface area contributed by atoms with Gasteiger partial charge in [0.05, 0.1) is 0 Å². The molecule has 1 aliphatic rings. The van der Waals surface area contributed by atoms with E-state index >= 15 is 0 Å². The molecule has 0 radical (unpaired) electrons. The van der Waals surface area contributed by atoms with Gasteiger partial charge in [-0.05, 0) is 25.0 Å². The molecular formula is C14H16F3NO2. The first-order chi connectivity index (χ1) is 9.52. The summed E-state index contributed by atoms with van der Waals surface area (Å²) in [6.45, 7) is -0.0446. The zero-order valence-electron chi connectivity index (χ0n) is 10.8. The Balaban J connectivity index is 2.11. The zero-order valence-corrected chi connectivity index (χ0v) is 10.8. The largest absolute Gasteiger partial charge is 0.396 e. The van der Waals surface area contributed by atoms with Gasteiger partial charge in [0.1, 0.15) is 0 Å². The molecular weight excluding hydrogens is 271 g/mol. The number of halogens is 3. The van der Waals surface area contributed by atoms with Gasteiger partial charge in [-0.2, -0.15) is 0 Å². The Morgan fingerprint density at radius 2 is 1.80 bits per heavy atom. The number of hydrogen-bond donors (Lipinski definition) is 2. The van der Waals surface area contributed by atoms with Crippen molar-refractivity contribution < 1.29 is 23.1 Å². The Kier molecular flexibility index (Phi) is 4.65. The van der Waals surface area contributed by atoms with E-state index in [-0.39, 0.29) is 24.1 Å². The number of benzene rings is 1. The quantitative estimate of drug-likeness (QED) is 0.839. The lowest BCUT2D eigenvalue weighted by Gasteiger charge is -2.30. The van der Waals surface area contributed by atoms with Gasteiger partial charge in [0.15, 0.2) is 17.5 Å². The standard InChI is InChI=1S/C14H16F3NO2/c15-10-5-9(6-11(16)13(10)17)14(20)18-12-4-2-1-3-8(12)7-19/h5-6,8,12,19H,1-4,7H2,(H,18,20). The fourth-order valence-corrected chi connectivity index (χ4v) is 2.55. The maximum atomic E-state index is 13.1. The zero-order chi connectivity index (χ0) is 14.7. The first kappa shape index (κ1) is 14.8. The van der Waals surface area contributed by atoms with Crippen molar-refractivity contribution in [3.8, 4) is 0 Å². The van der Waals surface area contributed by atoms with Crippen molar-refractivity contribution in [2.45, 2.75) is 31.7 Å². The number of aliphatic hydroxyl groups is 1. The summed E-state index contributed by atoms with van der Waals surface area (Å²) in [7, 11) is 0. The van der Waals surface area contributed by atoms with Crippen LogP contribution in [0.1, 0.15) is 36.0 Å². The highest BCUT2D eigenvalue weighted by molar-refractivity contribution is 5.94. The molecule has 2 atom stereocenters. The van der Waals surface area contributed by atoms with Crippen molar-refractivity contribution in [3.05, 3.63) is 35.1 Å². The van der Waals surface area contributed by atoms with Crippen LogP contribution in [-0.2, 0) is 0 Å². The minimum Gasteiger partial charge on any atom is -0.396 e. The van der Waals surface area contributed by atoms with Crippen LogP contribution >= 0.6 is 0 Å². The molecule has 0 aromatic heterocycles. The Labute approximate surface area is 114 Å². The van der Waals surface area contributed by atoms with Crippen LogP contribution in [0.25, 0.3) is 0 Å². The highest BCUT2D eigenvalue weighted by Gasteiger charge is 2.26. The maximum absolute atomic E-state index is 13.1. The molecule has 0 heterocycles. The van der Waals surface area contributed by atoms with Gasteiger partial charge in [-0.25, -0.2) is 13.2 Å². The molecule has 2 N–H and O–H groups in total. The number of carbonyl (C=O) groups excluding carboxylic acids is 1. The molecule has 0 saturated heterocycles. The highest BCUT2D eigenvalue weighted by atomic mass is 19.2. The molecule has 0 aliphatic heterocycles. The minimum absolute atomic E-state index is 0.0446. The van der Waals surface area contributed by atoms with Crippen LogP contribution in [0.15, 0.2) is 12.1 Å². The van der Waals surface area contributed by atoms with Crippen LogP contribution in [0, 0.1) is 23.4 Å². The third-order valence-electron chi connectivity index (χ3n) is 3.71. The number of hydrogen-bond acceptors (Lipinski definition) is 2. The molecule has 1 saturated carbocycles. The molecule has 0 spiro atoms. The third-order valence-corrected chi connectivity index (χ3v) is 3.71. The van der Waals surface area contributed by atoms with E-state index in [0.717, 1.165) is 19.3 Å². The Bertz CT molecular complexity index is 484. The molecule has 2 unspecified atom stereocenters. The maximum Gasteiger partial charge on any atom is 0.251 e. The van der Waals surface area contributed by atoms with E-state index in [0.29, 0.717) is 18.6 Å². The van der Waals surface area contributed by atoms with E-state index in [1.165, 1.54) is 0 Å². The van der Waals surface area contributed by atoms with Gasteiger partial charge in [-0.1, -0.05) is 12.8 Å². The van der Waals surface area contributed by atoms with Crippen LogP contribution in [0.2, 0.25) is 0 Å². The molecule has 6 heteroatoms. The lowest BCUT2D eigenvalue weighted by Crippen LogP contribution is -2.43. The monoisotopic (exact) mass is 287 g/mol. The molecule has 1 fully saturated rings. The molecule has 0 bridgehead atoms. The van der Waals surface area contributed by atoms with E-state index < -0.39 is 23.4 Å². The molecule has 1 aromatic rings. The lowest BCUT2D eigenvalue weighted by atomic mass is 9.85. The van der Waals surface area contributed by atoms with Crippen LogP contribution in [0.3, 0.4) is 0 Å². The summed E-state index contributed by atoms with van der Waals surface area (Å²) in [6, 6.07) is 1.12. The number of carbonyl (C=O) groups is 1.